The molecule has 1 unspecified atom stereocenters. The van der Waals surface area contributed by atoms with E-state index >= 15 is 0 Å². The lowest BCUT2D eigenvalue weighted by molar-refractivity contribution is -0.143. The van der Waals surface area contributed by atoms with Crippen molar-refractivity contribution >= 4 is 11.9 Å². The zero-order chi connectivity index (χ0) is 14.5. The maximum atomic E-state index is 12.2. The zero-order valence-corrected chi connectivity index (χ0v) is 11.9. The molecule has 19 heavy (non-hydrogen) atoms. The van der Waals surface area contributed by atoms with Crippen LogP contribution in [0.3, 0.4) is 0 Å². The summed E-state index contributed by atoms with van der Waals surface area (Å²) in [6.45, 7) is 6.69. The number of hydrogen-bond donors (Lipinski definition) is 2. The van der Waals surface area contributed by atoms with Crippen molar-refractivity contribution in [2.75, 3.05) is 32.7 Å². The van der Waals surface area contributed by atoms with E-state index in [2.05, 4.69) is 0 Å². The molecule has 6 heteroatoms. The predicted octanol–water partition coefficient (Wildman–Crippen LogP) is 0.123. The fourth-order valence-corrected chi connectivity index (χ4v) is 2.42. The van der Waals surface area contributed by atoms with E-state index in [1.54, 1.807) is 0 Å². The molecule has 1 aliphatic heterocycles. The average Bonchev–Trinajstić information content (AvgIpc) is 2.72. The number of nitrogens with zero attached hydrogens (tertiary/aromatic N) is 2. The topological polar surface area (TPSA) is 86.9 Å². The maximum absolute atomic E-state index is 12.2. The van der Waals surface area contributed by atoms with E-state index in [1.807, 2.05) is 23.6 Å². The summed E-state index contributed by atoms with van der Waals surface area (Å²) in [6.07, 6.45) is 2.26. The summed E-state index contributed by atoms with van der Waals surface area (Å²) in [6, 6.07) is 0. The number of amides is 1. The normalized spacial score (nSPS) is 23.5. The average molecular weight is 271 g/mol. The lowest BCUT2D eigenvalue weighted by Crippen LogP contribution is -2.51. The van der Waals surface area contributed by atoms with Crippen molar-refractivity contribution in [1.82, 2.24) is 9.80 Å². The minimum atomic E-state index is -1.19. The maximum Gasteiger partial charge on any atom is 0.325 e. The summed E-state index contributed by atoms with van der Waals surface area (Å²) < 4.78 is 0. The molecule has 0 aromatic carbocycles. The minimum absolute atomic E-state index is 0.0679. The van der Waals surface area contributed by atoms with Crippen LogP contribution in [0.5, 0.6) is 0 Å². The largest absolute Gasteiger partial charge is 0.480 e. The van der Waals surface area contributed by atoms with Gasteiger partial charge in [-0.2, -0.15) is 0 Å². The number of likely N-dealkylation sites (tertiary alicyclic amines) is 1. The van der Waals surface area contributed by atoms with Crippen LogP contribution in [-0.2, 0) is 9.59 Å². The first kappa shape index (κ1) is 15.9. The van der Waals surface area contributed by atoms with Crippen LogP contribution in [0.15, 0.2) is 0 Å². The molecule has 0 radical (unpaired) electrons. The second-order valence-corrected chi connectivity index (χ2v) is 5.30. The standard InChI is InChI=1S/C13H25N3O3/c1-3-6-16(7-4-2)11(17)9-15-8-5-13(14,10-15)12(18)19/h3-10,14H2,1-2H3,(H,18,19). The SMILES string of the molecule is CCCN(CCC)C(=O)CN1CCC(N)(C(=O)O)C1. The summed E-state index contributed by atoms with van der Waals surface area (Å²) in [5.41, 5.74) is 4.60. The molecule has 0 spiro atoms. The van der Waals surface area contributed by atoms with E-state index in [9.17, 15) is 9.59 Å². The highest BCUT2D eigenvalue weighted by atomic mass is 16.4. The quantitative estimate of drug-likeness (QED) is 0.687. The Bertz CT molecular complexity index is 329. The Morgan fingerprint density at radius 2 is 1.89 bits per heavy atom. The molecular weight excluding hydrogens is 246 g/mol. The zero-order valence-electron chi connectivity index (χ0n) is 11.9. The lowest BCUT2D eigenvalue weighted by Gasteiger charge is -2.25. The van der Waals surface area contributed by atoms with Gasteiger partial charge in [0, 0.05) is 26.2 Å². The van der Waals surface area contributed by atoms with Gasteiger partial charge >= 0.3 is 5.97 Å². The summed E-state index contributed by atoms with van der Waals surface area (Å²) in [7, 11) is 0. The summed E-state index contributed by atoms with van der Waals surface area (Å²) in [4.78, 5) is 26.9. The molecule has 6 nitrogen and oxygen atoms in total. The molecular formula is C13H25N3O3. The first-order valence-corrected chi connectivity index (χ1v) is 6.95. The van der Waals surface area contributed by atoms with Crippen molar-refractivity contribution in [3.63, 3.8) is 0 Å². The third-order valence-electron chi connectivity index (χ3n) is 3.50. The van der Waals surface area contributed by atoms with Crippen molar-refractivity contribution < 1.29 is 14.7 Å². The third-order valence-corrected chi connectivity index (χ3v) is 3.50. The van der Waals surface area contributed by atoms with Gasteiger partial charge in [-0.25, -0.2) is 0 Å². The number of carbonyl (C=O) groups is 2. The predicted molar refractivity (Wildman–Crippen MR) is 72.8 cm³/mol. The highest BCUT2D eigenvalue weighted by Gasteiger charge is 2.41. The van der Waals surface area contributed by atoms with Crippen molar-refractivity contribution in [3.8, 4) is 0 Å². The molecule has 0 aliphatic carbocycles. The number of aliphatic carboxylic acids is 1. The monoisotopic (exact) mass is 271 g/mol. The van der Waals surface area contributed by atoms with Gasteiger partial charge in [-0.3, -0.25) is 14.5 Å². The Kier molecular flexibility index (Phi) is 5.75. The van der Waals surface area contributed by atoms with Gasteiger partial charge in [0.05, 0.1) is 6.54 Å². The molecule has 1 fully saturated rings. The third kappa shape index (κ3) is 4.18. The van der Waals surface area contributed by atoms with Crippen LogP contribution in [0.1, 0.15) is 33.1 Å². The molecule has 1 amide bonds. The first-order valence-electron chi connectivity index (χ1n) is 6.95. The van der Waals surface area contributed by atoms with Gasteiger partial charge in [-0.05, 0) is 19.3 Å². The van der Waals surface area contributed by atoms with E-state index < -0.39 is 11.5 Å². The first-order chi connectivity index (χ1) is 8.92. The molecule has 0 saturated carbocycles. The van der Waals surface area contributed by atoms with Crippen molar-refractivity contribution in [2.24, 2.45) is 5.73 Å². The highest BCUT2D eigenvalue weighted by Crippen LogP contribution is 2.18. The Morgan fingerprint density at radius 3 is 2.32 bits per heavy atom. The minimum Gasteiger partial charge on any atom is -0.480 e. The molecule has 3 N–H and O–H groups in total. The Labute approximate surface area is 114 Å². The highest BCUT2D eigenvalue weighted by molar-refractivity contribution is 5.81. The molecule has 1 saturated heterocycles. The Balaban J connectivity index is 2.51. The number of carboxylic acids is 1. The van der Waals surface area contributed by atoms with Gasteiger partial charge in [0.15, 0.2) is 0 Å². The molecule has 110 valence electrons. The van der Waals surface area contributed by atoms with E-state index in [0.29, 0.717) is 13.0 Å². The van der Waals surface area contributed by atoms with Gasteiger partial charge in [0.1, 0.15) is 5.54 Å². The number of nitrogens with two attached hydrogens (primary N) is 1. The van der Waals surface area contributed by atoms with Crippen LogP contribution < -0.4 is 5.73 Å². The van der Waals surface area contributed by atoms with Gasteiger partial charge in [0.2, 0.25) is 5.91 Å². The summed E-state index contributed by atoms with van der Waals surface area (Å²) >= 11 is 0. The number of rotatable bonds is 7. The molecule has 1 rings (SSSR count). The smallest absolute Gasteiger partial charge is 0.325 e. The van der Waals surface area contributed by atoms with Gasteiger partial charge in [0.25, 0.3) is 0 Å². The molecule has 1 aliphatic rings. The second kappa shape index (κ2) is 6.86. The number of carbonyl (C=O) groups excluding carboxylic acids is 1. The van der Waals surface area contributed by atoms with Crippen molar-refractivity contribution in [3.05, 3.63) is 0 Å². The van der Waals surface area contributed by atoms with E-state index in [4.69, 9.17) is 10.8 Å². The molecule has 0 bridgehead atoms. The second-order valence-electron chi connectivity index (χ2n) is 5.30. The van der Waals surface area contributed by atoms with Crippen LogP contribution >= 0.6 is 0 Å². The van der Waals surface area contributed by atoms with Gasteiger partial charge in [-0.15, -0.1) is 0 Å². The van der Waals surface area contributed by atoms with Crippen LogP contribution in [0.4, 0.5) is 0 Å². The van der Waals surface area contributed by atoms with Crippen molar-refractivity contribution in [1.29, 1.82) is 0 Å². The van der Waals surface area contributed by atoms with Crippen LogP contribution in [-0.4, -0.2) is 65.0 Å². The van der Waals surface area contributed by atoms with Crippen molar-refractivity contribution in [2.45, 2.75) is 38.6 Å². The number of carboxylic acid groups (broad SMARTS) is 1. The van der Waals surface area contributed by atoms with E-state index in [1.165, 1.54) is 0 Å². The van der Waals surface area contributed by atoms with Gasteiger partial charge < -0.3 is 15.7 Å². The van der Waals surface area contributed by atoms with Crippen LogP contribution in [0.25, 0.3) is 0 Å². The van der Waals surface area contributed by atoms with E-state index in [-0.39, 0.29) is 19.0 Å². The fraction of sp³-hybridized carbons (Fsp3) is 0.846. The Hall–Kier alpha value is -1.14. The lowest BCUT2D eigenvalue weighted by atomic mass is 10.0. The Morgan fingerprint density at radius 1 is 1.32 bits per heavy atom. The summed E-state index contributed by atoms with van der Waals surface area (Å²) in [5.74, 6) is -0.917. The number of hydrogen-bond acceptors (Lipinski definition) is 4. The molecule has 0 aromatic heterocycles. The fourth-order valence-electron chi connectivity index (χ4n) is 2.42. The van der Waals surface area contributed by atoms with Crippen LogP contribution in [0, 0.1) is 0 Å². The molecule has 1 heterocycles. The van der Waals surface area contributed by atoms with Crippen LogP contribution in [0.2, 0.25) is 0 Å². The van der Waals surface area contributed by atoms with Gasteiger partial charge in [-0.1, -0.05) is 13.8 Å². The summed E-state index contributed by atoms with van der Waals surface area (Å²) in [5, 5.41) is 9.06. The molecule has 0 aromatic rings. The molecule has 1 atom stereocenters. The van der Waals surface area contributed by atoms with E-state index in [0.717, 1.165) is 25.9 Å².